The van der Waals surface area contributed by atoms with Crippen LogP contribution in [0.15, 0.2) is 73.1 Å². The van der Waals surface area contributed by atoms with E-state index < -0.39 is 5.97 Å². The van der Waals surface area contributed by atoms with Crippen molar-refractivity contribution >= 4 is 11.5 Å². The van der Waals surface area contributed by atoms with Gasteiger partial charge in [-0.1, -0.05) is 30.3 Å². The van der Waals surface area contributed by atoms with Crippen LogP contribution in [0.2, 0.25) is 0 Å². The average Bonchev–Trinajstić information content (AvgIpc) is 2.72. The second kappa shape index (κ2) is 9.41. The average molecular weight is 391 g/mol. The zero-order valence-corrected chi connectivity index (χ0v) is 15.9. The quantitative estimate of drug-likeness (QED) is 0.552. The summed E-state index contributed by atoms with van der Waals surface area (Å²) in [5.74, 6) is -0.101. The van der Waals surface area contributed by atoms with E-state index >= 15 is 0 Å². The number of nitrogens with zero attached hydrogens (tertiary/aromatic N) is 1. The van der Waals surface area contributed by atoms with Crippen LogP contribution in [0.4, 0.5) is 0 Å². The summed E-state index contributed by atoms with van der Waals surface area (Å²) in [6.07, 6.45) is 4.92. The normalized spacial score (nSPS) is 11.1. The molecule has 3 rings (SSSR count). The van der Waals surface area contributed by atoms with E-state index in [1.807, 2.05) is 24.3 Å². The molecule has 0 saturated heterocycles. The van der Waals surface area contributed by atoms with Gasteiger partial charge in [-0.15, -0.1) is 0 Å². The van der Waals surface area contributed by atoms with Gasteiger partial charge in [-0.3, -0.25) is 4.98 Å². The van der Waals surface area contributed by atoms with Gasteiger partial charge in [0.1, 0.15) is 30.5 Å². The van der Waals surface area contributed by atoms with Crippen molar-refractivity contribution in [2.75, 3.05) is 0 Å². The number of aliphatic carboxylic acids is 1. The molecule has 0 radical (unpaired) electrons. The van der Waals surface area contributed by atoms with Crippen LogP contribution in [0.25, 0.3) is 5.57 Å². The van der Waals surface area contributed by atoms with E-state index in [0.29, 0.717) is 23.7 Å². The Morgan fingerprint density at radius 2 is 1.66 bits per heavy atom. The number of carbonyl (C=O) groups is 1. The molecular weight excluding hydrogens is 370 g/mol. The molecule has 0 fully saturated rings. The van der Waals surface area contributed by atoms with Crippen LogP contribution in [-0.2, 0) is 18.0 Å². The summed E-state index contributed by atoms with van der Waals surface area (Å²) in [6, 6.07) is 15.5. The van der Waals surface area contributed by atoms with Crippen LogP contribution in [0.5, 0.6) is 17.2 Å². The minimum atomic E-state index is -0.996. The second-order valence-electron chi connectivity index (χ2n) is 6.26. The Hall–Kier alpha value is -3.80. The van der Waals surface area contributed by atoms with Gasteiger partial charge in [0, 0.05) is 30.6 Å². The van der Waals surface area contributed by atoms with Crippen molar-refractivity contribution in [2.24, 2.45) is 0 Å². The lowest BCUT2D eigenvalue weighted by Gasteiger charge is -2.13. The summed E-state index contributed by atoms with van der Waals surface area (Å²) in [5.41, 5.74) is 2.48. The minimum absolute atomic E-state index is 0.0141. The van der Waals surface area contributed by atoms with Gasteiger partial charge in [0.2, 0.25) is 0 Å². The van der Waals surface area contributed by atoms with Crippen molar-refractivity contribution in [3.8, 4) is 17.2 Å². The number of rotatable bonds is 8. The fourth-order valence-electron chi connectivity index (χ4n) is 2.83. The summed E-state index contributed by atoms with van der Waals surface area (Å²) < 4.78 is 11.5. The predicted molar refractivity (Wildman–Crippen MR) is 109 cm³/mol. The molecule has 148 valence electrons. The van der Waals surface area contributed by atoms with E-state index in [-0.39, 0.29) is 17.9 Å². The van der Waals surface area contributed by atoms with E-state index in [4.69, 9.17) is 9.47 Å². The molecule has 29 heavy (non-hydrogen) atoms. The highest BCUT2D eigenvalue weighted by atomic mass is 16.5. The molecule has 6 nitrogen and oxygen atoms in total. The van der Waals surface area contributed by atoms with Gasteiger partial charge in [-0.05, 0) is 35.7 Å². The third kappa shape index (κ3) is 5.35. The minimum Gasteiger partial charge on any atom is -0.508 e. The number of aromatic hydroxyl groups is 1. The number of carboxylic acids is 1. The number of ether oxygens (including phenoxy) is 2. The molecule has 0 spiro atoms. The van der Waals surface area contributed by atoms with E-state index in [9.17, 15) is 15.0 Å². The fourth-order valence-corrected chi connectivity index (χ4v) is 2.83. The topological polar surface area (TPSA) is 88.9 Å². The number of allylic oxidation sites excluding steroid dienone is 1. The Morgan fingerprint density at radius 1 is 1.00 bits per heavy atom. The van der Waals surface area contributed by atoms with Gasteiger partial charge < -0.3 is 19.7 Å². The van der Waals surface area contributed by atoms with Crippen molar-refractivity contribution in [3.63, 3.8) is 0 Å². The number of phenolic OH excluding ortho intramolecular Hbond substituents is 1. The zero-order valence-electron chi connectivity index (χ0n) is 15.9. The first kappa shape index (κ1) is 19.9. The lowest BCUT2D eigenvalue weighted by Crippen LogP contribution is -2.05. The standard InChI is InChI=1S/C23H21NO5/c1-2-21(23(26)27)22-6-4-3-5-17(22)15-29-20-12-18(25)11-19(13-20)28-14-16-7-9-24-10-8-16/h2-13,25H,14-15H2,1H3,(H,26,27). The Kier molecular flexibility index (Phi) is 6.47. The third-order valence-corrected chi connectivity index (χ3v) is 4.24. The summed E-state index contributed by atoms with van der Waals surface area (Å²) in [7, 11) is 0. The summed E-state index contributed by atoms with van der Waals surface area (Å²) in [4.78, 5) is 15.4. The largest absolute Gasteiger partial charge is 0.508 e. The number of carboxylic acid groups (broad SMARTS) is 1. The highest BCUT2D eigenvalue weighted by Gasteiger charge is 2.14. The smallest absolute Gasteiger partial charge is 0.335 e. The molecule has 0 bridgehead atoms. The molecule has 6 heteroatoms. The number of benzene rings is 2. The Morgan fingerprint density at radius 3 is 2.31 bits per heavy atom. The third-order valence-electron chi connectivity index (χ3n) is 4.24. The summed E-state index contributed by atoms with van der Waals surface area (Å²) >= 11 is 0. The van der Waals surface area contributed by atoms with Gasteiger partial charge in [-0.2, -0.15) is 0 Å². The molecule has 0 unspecified atom stereocenters. The van der Waals surface area contributed by atoms with Gasteiger partial charge in [0.05, 0.1) is 5.57 Å². The first-order valence-corrected chi connectivity index (χ1v) is 9.03. The van der Waals surface area contributed by atoms with Crippen LogP contribution >= 0.6 is 0 Å². The Balaban J connectivity index is 1.73. The molecule has 0 aliphatic rings. The lowest BCUT2D eigenvalue weighted by molar-refractivity contribution is -0.130. The number of hydrogen-bond donors (Lipinski definition) is 2. The fraction of sp³-hybridized carbons (Fsp3) is 0.130. The highest BCUT2D eigenvalue weighted by molar-refractivity contribution is 6.15. The number of hydrogen-bond acceptors (Lipinski definition) is 5. The van der Waals surface area contributed by atoms with Crippen molar-refractivity contribution in [3.05, 3.63) is 89.8 Å². The lowest BCUT2D eigenvalue weighted by atomic mass is 10.00. The molecule has 2 aromatic carbocycles. The molecule has 1 aromatic heterocycles. The molecule has 0 atom stereocenters. The molecular formula is C23H21NO5. The van der Waals surface area contributed by atoms with Crippen molar-refractivity contribution in [2.45, 2.75) is 20.1 Å². The zero-order chi connectivity index (χ0) is 20.6. The van der Waals surface area contributed by atoms with Gasteiger partial charge in [0.25, 0.3) is 0 Å². The SMILES string of the molecule is CC=C(C(=O)O)c1ccccc1COc1cc(O)cc(OCc2ccncc2)c1. The molecule has 2 N–H and O–H groups in total. The molecule has 0 aliphatic heterocycles. The van der Waals surface area contributed by atoms with Crippen molar-refractivity contribution in [1.29, 1.82) is 0 Å². The van der Waals surface area contributed by atoms with Gasteiger partial charge in [-0.25, -0.2) is 4.79 Å². The molecule has 3 aromatic rings. The van der Waals surface area contributed by atoms with Crippen LogP contribution in [0, 0.1) is 0 Å². The molecule has 1 heterocycles. The molecule has 0 amide bonds. The van der Waals surface area contributed by atoms with Crippen LogP contribution < -0.4 is 9.47 Å². The Labute approximate surface area is 168 Å². The first-order chi connectivity index (χ1) is 14.1. The van der Waals surface area contributed by atoms with Crippen LogP contribution in [-0.4, -0.2) is 21.2 Å². The molecule has 0 saturated carbocycles. The van der Waals surface area contributed by atoms with E-state index in [1.54, 1.807) is 43.6 Å². The number of aromatic nitrogens is 1. The Bertz CT molecular complexity index is 1010. The van der Waals surface area contributed by atoms with E-state index in [2.05, 4.69) is 4.98 Å². The number of phenols is 1. The summed E-state index contributed by atoms with van der Waals surface area (Å²) in [6.45, 7) is 2.16. The number of pyridine rings is 1. The van der Waals surface area contributed by atoms with Crippen LogP contribution in [0.1, 0.15) is 23.6 Å². The van der Waals surface area contributed by atoms with Crippen molar-refractivity contribution < 1.29 is 24.5 Å². The predicted octanol–water partition coefficient (Wildman–Crippen LogP) is 4.43. The monoisotopic (exact) mass is 391 g/mol. The maximum Gasteiger partial charge on any atom is 0.335 e. The van der Waals surface area contributed by atoms with Gasteiger partial charge in [0.15, 0.2) is 0 Å². The van der Waals surface area contributed by atoms with E-state index in [0.717, 1.165) is 11.1 Å². The van der Waals surface area contributed by atoms with Crippen molar-refractivity contribution in [1.82, 2.24) is 4.98 Å². The van der Waals surface area contributed by atoms with E-state index in [1.165, 1.54) is 12.1 Å². The first-order valence-electron chi connectivity index (χ1n) is 9.03. The highest BCUT2D eigenvalue weighted by Crippen LogP contribution is 2.29. The van der Waals surface area contributed by atoms with Crippen LogP contribution in [0.3, 0.4) is 0 Å². The maximum absolute atomic E-state index is 11.5. The molecule has 0 aliphatic carbocycles. The maximum atomic E-state index is 11.5. The summed E-state index contributed by atoms with van der Waals surface area (Å²) in [5, 5.41) is 19.4. The second-order valence-corrected chi connectivity index (χ2v) is 6.26. The van der Waals surface area contributed by atoms with Gasteiger partial charge >= 0.3 is 5.97 Å².